The molecule has 1 aromatic heterocycles. The molecule has 1 aliphatic carbocycles. The Bertz CT molecular complexity index is 696. The van der Waals surface area contributed by atoms with Gasteiger partial charge >= 0.3 is 0 Å². The van der Waals surface area contributed by atoms with E-state index in [4.69, 9.17) is 4.74 Å². The minimum absolute atomic E-state index is 0.451. The van der Waals surface area contributed by atoms with Crippen molar-refractivity contribution in [2.75, 3.05) is 25.5 Å². The van der Waals surface area contributed by atoms with E-state index < -0.39 is 0 Å². The van der Waals surface area contributed by atoms with Gasteiger partial charge in [-0.05, 0) is 38.0 Å². The summed E-state index contributed by atoms with van der Waals surface area (Å²) in [5, 5.41) is 8.06. The Balaban J connectivity index is 1.67. The highest BCUT2D eigenvalue weighted by molar-refractivity contribution is 5.83. The van der Waals surface area contributed by atoms with Crippen LogP contribution in [0.15, 0.2) is 18.2 Å². The molecule has 0 amide bonds. The van der Waals surface area contributed by atoms with Crippen LogP contribution in [0.2, 0.25) is 0 Å². The lowest BCUT2D eigenvalue weighted by molar-refractivity contribution is 0.415. The first kappa shape index (κ1) is 12.8. The van der Waals surface area contributed by atoms with Crippen molar-refractivity contribution in [3.63, 3.8) is 0 Å². The van der Waals surface area contributed by atoms with Gasteiger partial charge in [-0.15, -0.1) is 0 Å². The molecule has 2 N–H and O–H groups in total. The molecule has 2 aliphatic rings. The fourth-order valence-corrected chi connectivity index (χ4v) is 3.30. The zero-order valence-electron chi connectivity index (χ0n) is 12.4. The molecule has 5 heteroatoms. The predicted molar refractivity (Wildman–Crippen MR) is 82.8 cm³/mol. The van der Waals surface area contributed by atoms with Crippen LogP contribution in [-0.4, -0.2) is 36.2 Å². The summed E-state index contributed by atoms with van der Waals surface area (Å²) in [5.41, 5.74) is 2.39. The minimum atomic E-state index is 0.451. The number of benzene rings is 1. The zero-order valence-corrected chi connectivity index (χ0v) is 12.4. The van der Waals surface area contributed by atoms with Crippen molar-refractivity contribution in [3.05, 3.63) is 23.9 Å². The topological polar surface area (TPSA) is 59.1 Å². The highest BCUT2D eigenvalue weighted by Gasteiger charge is 2.52. The van der Waals surface area contributed by atoms with Gasteiger partial charge in [0.1, 0.15) is 5.75 Å². The van der Waals surface area contributed by atoms with Crippen LogP contribution >= 0.6 is 0 Å². The highest BCUT2D eigenvalue weighted by atomic mass is 16.5. The number of methoxy groups -OCH3 is 1. The van der Waals surface area contributed by atoms with Crippen LogP contribution < -0.4 is 15.4 Å². The molecular weight excluding hydrogens is 264 g/mol. The molecule has 0 bridgehead atoms. The average molecular weight is 284 g/mol. The molecule has 1 aliphatic heterocycles. The Labute approximate surface area is 124 Å². The summed E-state index contributed by atoms with van der Waals surface area (Å²) in [6.45, 7) is 4.14. The number of nitrogens with zero attached hydrogens (tertiary/aromatic N) is 2. The van der Waals surface area contributed by atoms with Gasteiger partial charge in [0, 0.05) is 29.9 Å². The predicted octanol–water partition coefficient (Wildman–Crippen LogP) is 2.11. The van der Waals surface area contributed by atoms with E-state index in [0.717, 1.165) is 41.4 Å². The van der Waals surface area contributed by atoms with Crippen molar-refractivity contribution in [1.82, 2.24) is 15.3 Å². The summed E-state index contributed by atoms with van der Waals surface area (Å²) in [6.07, 6.45) is 2.61. The number of rotatable bonds is 3. The lowest BCUT2D eigenvalue weighted by atomic mass is 10.0. The Hall–Kier alpha value is -1.88. The number of aryl methyl sites for hydroxylation is 1. The molecule has 1 saturated heterocycles. The van der Waals surface area contributed by atoms with Gasteiger partial charge in [-0.25, -0.2) is 9.97 Å². The van der Waals surface area contributed by atoms with Crippen LogP contribution in [0.3, 0.4) is 0 Å². The third-order valence-electron chi connectivity index (χ3n) is 4.85. The molecule has 1 spiro atoms. The van der Waals surface area contributed by atoms with Crippen LogP contribution in [0.5, 0.6) is 5.75 Å². The summed E-state index contributed by atoms with van der Waals surface area (Å²) >= 11 is 0. The molecule has 4 rings (SSSR count). The van der Waals surface area contributed by atoms with Crippen LogP contribution in [0.1, 0.15) is 18.5 Å². The van der Waals surface area contributed by atoms with Gasteiger partial charge < -0.3 is 15.4 Å². The van der Waals surface area contributed by atoms with Crippen LogP contribution in [0.4, 0.5) is 5.95 Å². The number of ether oxygens (including phenoxy) is 1. The van der Waals surface area contributed by atoms with Gasteiger partial charge in [0.05, 0.1) is 18.3 Å². The third kappa shape index (κ3) is 2.12. The maximum absolute atomic E-state index is 5.27. The first-order valence-corrected chi connectivity index (χ1v) is 7.50. The van der Waals surface area contributed by atoms with Crippen LogP contribution in [0, 0.1) is 12.3 Å². The number of fused-ring (bicyclic) bond motifs is 1. The van der Waals surface area contributed by atoms with Gasteiger partial charge in [-0.3, -0.25) is 0 Å². The van der Waals surface area contributed by atoms with Crippen molar-refractivity contribution in [2.45, 2.75) is 25.8 Å². The van der Waals surface area contributed by atoms with Crippen molar-refractivity contribution < 1.29 is 4.74 Å². The van der Waals surface area contributed by atoms with Crippen molar-refractivity contribution >= 4 is 16.9 Å². The fraction of sp³-hybridized carbons (Fsp3) is 0.500. The van der Waals surface area contributed by atoms with Gasteiger partial charge in [0.15, 0.2) is 0 Å². The molecule has 21 heavy (non-hydrogen) atoms. The molecule has 0 radical (unpaired) electrons. The molecule has 1 atom stereocenters. The van der Waals surface area contributed by atoms with E-state index in [1.807, 2.05) is 25.1 Å². The van der Waals surface area contributed by atoms with E-state index in [9.17, 15) is 0 Å². The third-order valence-corrected chi connectivity index (χ3v) is 4.85. The van der Waals surface area contributed by atoms with Gasteiger partial charge in [-0.1, -0.05) is 0 Å². The van der Waals surface area contributed by atoms with E-state index in [1.54, 1.807) is 7.11 Å². The lowest BCUT2D eigenvalue weighted by Gasteiger charge is -2.19. The highest BCUT2D eigenvalue weighted by Crippen LogP contribution is 2.51. The first-order chi connectivity index (χ1) is 10.2. The molecule has 110 valence electrons. The summed E-state index contributed by atoms with van der Waals surface area (Å²) in [5.74, 6) is 1.58. The van der Waals surface area contributed by atoms with E-state index >= 15 is 0 Å². The molecular formula is C16H20N4O. The lowest BCUT2D eigenvalue weighted by Crippen LogP contribution is -2.30. The first-order valence-electron chi connectivity index (χ1n) is 7.50. The van der Waals surface area contributed by atoms with E-state index in [2.05, 4.69) is 20.6 Å². The maximum Gasteiger partial charge on any atom is 0.223 e. The van der Waals surface area contributed by atoms with Crippen molar-refractivity contribution in [1.29, 1.82) is 0 Å². The quantitative estimate of drug-likeness (QED) is 0.904. The van der Waals surface area contributed by atoms with Gasteiger partial charge in [0.2, 0.25) is 5.95 Å². The smallest absolute Gasteiger partial charge is 0.223 e. The second-order valence-electron chi connectivity index (χ2n) is 6.21. The number of aromatic nitrogens is 2. The minimum Gasteiger partial charge on any atom is -0.497 e. The Morgan fingerprint density at radius 1 is 1.33 bits per heavy atom. The number of anilines is 1. The average Bonchev–Trinajstić information content (AvgIpc) is 3.16. The molecule has 0 unspecified atom stereocenters. The second-order valence-corrected chi connectivity index (χ2v) is 6.21. The van der Waals surface area contributed by atoms with Crippen molar-refractivity contribution in [3.8, 4) is 5.75 Å². The summed E-state index contributed by atoms with van der Waals surface area (Å²) in [6, 6.07) is 6.38. The Morgan fingerprint density at radius 2 is 2.19 bits per heavy atom. The Kier molecular flexibility index (Phi) is 2.79. The van der Waals surface area contributed by atoms with E-state index in [1.165, 1.54) is 12.8 Å². The summed E-state index contributed by atoms with van der Waals surface area (Å²) in [7, 11) is 1.68. The Morgan fingerprint density at radius 3 is 2.95 bits per heavy atom. The fourth-order valence-electron chi connectivity index (χ4n) is 3.30. The number of hydrogen-bond donors (Lipinski definition) is 2. The van der Waals surface area contributed by atoms with Crippen LogP contribution in [-0.2, 0) is 0 Å². The monoisotopic (exact) mass is 284 g/mol. The SMILES string of the molecule is COc1ccc2nc(N[C@@H]3CNCC34CC4)nc(C)c2c1. The van der Waals surface area contributed by atoms with E-state index in [-0.39, 0.29) is 0 Å². The second kappa shape index (κ2) is 4.56. The molecule has 2 heterocycles. The molecule has 1 aromatic carbocycles. The van der Waals surface area contributed by atoms with Crippen molar-refractivity contribution in [2.24, 2.45) is 5.41 Å². The molecule has 1 saturated carbocycles. The number of hydrogen-bond acceptors (Lipinski definition) is 5. The summed E-state index contributed by atoms with van der Waals surface area (Å²) in [4.78, 5) is 9.29. The number of nitrogens with one attached hydrogen (secondary N) is 2. The molecule has 5 nitrogen and oxygen atoms in total. The largest absolute Gasteiger partial charge is 0.497 e. The molecule has 2 fully saturated rings. The van der Waals surface area contributed by atoms with E-state index in [0.29, 0.717) is 11.5 Å². The maximum atomic E-state index is 5.27. The standard InChI is InChI=1S/C16H20N4O/c1-10-12-7-11(21-2)3-4-13(12)19-15(18-10)20-14-8-17-9-16(14)5-6-16/h3-4,7,14,17H,5-6,8-9H2,1-2H3,(H,18,19,20)/t14-/m1/s1. The summed E-state index contributed by atoms with van der Waals surface area (Å²) < 4.78 is 5.27. The zero-order chi connectivity index (χ0) is 14.4. The molecule has 2 aromatic rings. The van der Waals surface area contributed by atoms with Crippen LogP contribution in [0.25, 0.3) is 10.9 Å². The normalized spacial score (nSPS) is 22.7. The van der Waals surface area contributed by atoms with Gasteiger partial charge in [-0.2, -0.15) is 0 Å². The van der Waals surface area contributed by atoms with Gasteiger partial charge in [0.25, 0.3) is 0 Å².